The van der Waals surface area contributed by atoms with Gasteiger partial charge in [0, 0.05) is 36.8 Å². The zero-order valence-electron chi connectivity index (χ0n) is 13.3. The number of ether oxygens (including phenoxy) is 3. The largest absolute Gasteiger partial charge is 0.493 e. The van der Waals surface area contributed by atoms with Crippen LogP contribution in [-0.2, 0) is 4.79 Å². The van der Waals surface area contributed by atoms with E-state index in [0.717, 1.165) is 0 Å². The minimum atomic E-state index is -0.0718. The summed E-state index contributed by atoms with van der Waals surface area (Å²) in [6.45, 7) is 4.71. The van der Waals surface area contributed by atoms with E-state index in [4.69, 9.17) is 14.2 Å². The maximum absolute atomic E-state index is 11.9. The molecule has 1 rings (SSSR count). The molecule has 0 spiro atoms. The quantitative estimate of drug-likeness (QED) is 0.768. The first kappa shape index (κ1) is 17.1. The summed E-state index contributed by atoms with van der Waals surface area (Å²) >= 11 is 0. The summed E-state index contributed by atoms with van der Waals surface area (Å²) < 4.78 is 15.7. The summed E-state index contributed by atoms with van der Waals surface area (Å²) in [5.74, 6) is 1.44. The Hall–Kier alpha value is -1.95. The van der Waals surface area contributed by atoms with Gasteiger partial charge in [-0.3, -0.25) is 4.79 Å². The van der Waals surface area contributed by atoms with Crippen molar-refractivity contribution in [3.05, 3.63) is 12.1 Å². The fourth-order valence-corrected chi connectivity index (χ4v) is 1.85. The van der Waals surface area contributed by atoms with Gasteiger partial charge in [-0.25, -0.2) is 0 Å². The zero-order chi connectivity index (χ0) is 15.8. The minimum absolute atomic E-state index is 0.0718. The second-order valence-corrected chi connectivity index (χ2v) is 4.82. The van der Waals surface area contributed by atoms with Gasteiger partial charge in [0.1, 0.15) is 0 Å². The molecule has 0 aromatic heterocycles. The molecule has 21 heavy (non-hydrogen) atoms. The molecule has 0 saturated carbocycles. The molecular formula is C15H24N2O4. The van der Waals surface area contributed by atoms with Crippen molar-refractivity contribution in [1.82, 2.24) is 5.32 Å². The van der Waals surface area contributed by atoms with Gasteiger partial charge in [-0.1, -0.05) is 13.8 Å². The standard InChI is InChI=1S/C15H24N2O4/c1-10(2)16-7-6-14(18)17-11-8-12(19-3)15(21-5)13(9-11)20-4/h8-10,16H,6-7H2,1-5H3,(H,17,18). The van der Waals surface area contributed by atoms with E-state index < -0.39 is 0 Å². The van der Waals surface area contributed by atoms with Crippen LogP contribution in [-0.4, -0.2) is 39.8 Å². The summed E-state index contributed by atoms with van der Waals surface area (Å²) in [6.07, 6.45) is 0.398. The van der Waals surface area contributed by atoms with Gasteiger partial charge in [0.25, 0.3) is 0 Å². The van der Waals surface area contributed by atoms with Crippen molar-refractivity contribution in [2.24, 2.45) is 0 Å². The summed E-state index contributed by atoms with van der Waals surface area (Å²) in [6, 6.07) is 3.77. The number of hydrogen-bond donors (Lipinski definition) is 2. The molecule has 2 N–H and O–H groups in total. The molecule has 0 radical (unpaired) electrons. The van der Waals surface area contributed by atoms with Crippen molar-refractivity contribution in [1.29, 1.82) is 0 Å². The third kappa shape index (κ3) is 5.15. The number of carbonyl (C=O) groups is 1. The van der Waals surface area contributed by atoms with Crippen LogP contribution in [0.3, 0.4) is 0 Å². The van der Waals surface area contributed by atoms with Crippen LogP contribution in [0.2, 0.25) is 0 Å². The second kappa shape index (κ2) is 8.36. The summed E-state index contributed by atoms with van der Waals surface area (Å²) in [7, 11) is 4.61. The first-order valence-corrected chi connectivity index (χ1v) is 6.85. The van der Waals surface area contributed by atoms with E-state index in [1.807, 2.05) is 13.8 Å². The van der Waals surface area contributed by atoms with E-state index in [0.29, 0.717) is 41.9 Å². The number of amides is 1. The zero-order valence-corrected chi connectivity index (χ0v) is 13.3. The van der Waals surface area contributed by atoms with E-state index in [1.54, 1.807) is 12.1 Å². The predicted octanol–water partition coefficient (Wildman–Crippen LogP) is 2.04. The van der Waals surface area contributed by atoms with Crippen LogP contribution in [0.4, 0.5) is 5.69 Å². The van der Waals surface area contributed by atoms with E-state index >= 15 is 0 Å². The number of nitrogens with one attached hydrogen (secondary N) is 2. The molecule has 6 nitrogen and oxygen atoms in total. The van der Waals surface area contributed by atoms with Gasteiger partial charge in [-0.2, -0.15) is 0 Å². The normalized spacial score (nSPS) is 10.4. The Morgan fingerprint density at radius 1 is 1.10 bits per heavy atom. The van der Waals surface area contributed by atoms with E-state index in [9.17, 15) is 4.79 Å². The van der Waals surface area contributed by atoms with Crippen LogP contribution in [0, 0.1) is 0 Å². The molecule has 0 unspecified atom stereocenters. The Bertz CT molecular complexity index is 450. The molecule has 0 fully saturated rings. The van der Waals surface area contributed by atoms with Crippen molar-refractivity contribution >= 4 is 11.6 Å². The lowest BCUT2D eigenvalue weighted by Crippen LogP contribution is -2.27. The van der Waals surface area contributed by atoms with Crippen molar-refractivity contribution in [2.45, 2.75) is 26.3 Å². The maximum atomic E-state index is 11.9. The van der Waals surface area contributed by atoms with Crippen molar-refractivity contribution < 1.29 is 19.0 Å². The fraction of sp³-hybridized carbons (Fsp3) is 0.533. The lowest BCUT2D eigenvalue weighted by atomic mass is 10.2. The fourth-order valence-electron chi connectivity index (χ4n) is 1.85. The van der Waals surface area contributed by atoms with Gasteiger partial charge in [0.15, 0.2) is 11.5 Å². The number of hydrogen-bond acceptors (Lipinski definition) is 5. The molecule has 0 aliphatic heterocycles. The average Bonchev–Trinajstić information content (AvgIpc) is 2.45. The van der Waals surface area contributed by atoms with Crippen molar-refractivity contribution in [3.63, 3.8) is 0 Å². The molecular weight excluding hydrogens is 272 g/mol. The van der Waals surface area contributed by atoms with Crippen molar-refractivity contribution in [3.8, 4) is 17.2 Å². The van der Waals surface area contributed by atoms with Crippen LogP contribution >= 0.6 is 0 Å². The predicted molar refractivity (Wildman–Crippen MR) is 82.5 cm³/mol. The summed E-state index contributed by atoms with van der Waals surface area (Å²) in [5.41, 5.74) is 0.610. The topological polar surface area (TPSA) is 68.8 Å². The number of benzene rings is 1. The monoisotopic (exact) mass is 296 g/mol. The van der Waals surface area contributed by atoms with E-state index in [2.05, 4.69) is 10.6 Å². The smallest absolute Gasteiger partial charge is 0.225 e. The van der Waals surface area contributed by atoms with E-state index in [-0.39, 0.29) is 5.91 Å². The first-order valence-electron chi connectivity index (χ1n) is 6.85. The molecule has 1 amide bonds. The SMILES string of the molecule is COc1cc(NC(=O)CCNC(C)C)cc(OC)c1OC. The number of methoxy groups -OCH3 is 3. The molecule has 118 valence electrons. The Balaban J connectivity index is 2.77. The Morgan fingerprint density at radius 2 is 1.67 bits per heavy atom. The Morgan fingerprint density at radius 3 is 2.10 bits per heavy atom. The highest BCUT2D eigenvalue weighted by Gasteiger charge is 2.14. The first-order chi connectivity index (χ1) is 10.0. The van der Waals surface area contributed by atoms with Gasteiger partial charge in [-0.15, -0.1) is 0 Å². The molecule has 6 heteroatoms. The third-order valence-corrected chi connectivity index (χ3v) is 2.85. The Labute approximate surface area is 125 Å². The molecule has 0 atom stereocenters. The molecule has 1 aromatic rings. The highest BCUT2D eigenvalue weighted by molar-refractivity contribution is 5.91. The van der Waals surface area contributed by atoms with E-state index in [1.165, 1.54) is 21.3 Å². The highest BCUT2D eigenvalue weighted by atomic mass is 16.5. The van der Waals surface area contributed by atoms with Gasteiger partial charge < -0.3 is 24.8 Å². The molecule has 0 aliphatic carbocycles. The van der Waals surface area contributed by atoms with Gasteiger partial charge in [0.2, 0.25) is 11.7 Å². The maximum Gasteiger partial charge on any atom is 0.225 e. The summed E-state index contributed by atoms with van der Waals surface area (Å²) in [5, 5.41) is 6.02. The minimum Gasteiger partial charge on any atom is -0.493 e. The van der Waals surface area contributed by atoms with Crippen LogP contribution in [0.25, 0.3) is 0 Å². The van der Waals surface area contributed by atoms with Gasteiger partial charge in [0.05, 0.1) is 21.3 Å². The van der Waals surface area contributed by atoms with Crippen LogP contribution in [0.5, 0.6) is 17.2 Å². The molecule has 0 heterocycles. The number of rotatable bonds is 8. The average molecular weight is 296 g/mol. The lowest BCUT2D eigenvalue weighted by Gasteiger charge is -2.15. The van der Waals surface area contributed by atoms with Crippen LogP contribution in [0.1, 0.15) is 20.3 Å². The second-order valence-electron chi connectivity index (χ2n) is 4.82. The molecule has 0 aliphatic rings. The molecule has 0 bridgehead atoms. The summed E-state index contributed by atoms with van der Waals surface area (Å²) in [4.78, 5) is 11.9. The van der Waals surface area contributed by atoms with Crippen molar-refractivity contribution in [2.75, 3.05) is 33.2 Å². The lowest BCUT2D eigenvalue weighted by molar-refractivity contribution is -0.116. The Kier molecular flexibility index (Phi) is 6.81. The number of anilines is 1. The van der Waals surface area contributed by atoms with Crippen LogP contribution < -0.4 is 24.8 Å². The third-order valence-electron chi connectivity index (χ3n) is 2.85. The van der Waals surface area contributed by atoms with Crippen LogP contribution in [0.15, 0.2) is 12.1 Å². The highest BCUT2D eigenvalue weighted by Crippen LogP contribution is 2.39. The molecule has 0 saturated heterocycles. The van der Waals surface area contributed by atoms with Gasteiger partial charge >= 0.3 is 0 Å². The molecule has 1 aromatic carbocycles. The van der Waals surface area contributed by atoms with Gasteiger partial charge in [-0.05, 0) is 0 Å². The number of carbonyl (C=O) groups excluding carboxylic acids is 1.